The Bertz CT molecular complexity index is 331. The van der Waals surface area contributed by atoms with Gasteiger partial charge in [0.05, 0.1) is 0 Å². The van der Waals surface area contributed by atoms with Gasteiger partial charge in [0.2, 0.25) is 0 Å². The predicted molar refractivity (Wildman–Crippen MR) is 60.2 cm³/mol. The van der Waals surface area contributed by atoms with Crippen molar-refractivity contribution in [3.63, 3.8) is 0 Å². The number of halogens is 1. The van der Waals surface area contributed by atoms with E-state index in [2.05, 4.69) is 53.3 Å². The number of rotatable bonds is 0. The molecule has 70 valence electrons. The van der Waals surface area contributed by atoms with E-state index in [4.69, 9.17) is 0 Å². The van der Waals surface area contributed by atoms with Crippen LogP contribution >= 0.6 is 15.9 Å². The quantitative estimate of drug-likeness (QED) is 0.730. The molecule has 0 atom stereocenters. The molecule has 13 heavy (non-hydrogen) atoms. The Morgan fingerprint density at radius 3 is 2.92 bits per heavy atom. The fraction of sp³-hybridized carbons (Fsp3) is 0.455. The molecule has 0 bridgehead atoms. The number of fused-ring (bicyclic) bond motifs is 1. The maximum atomic E-state index is 3.55. The molecule has 2 rings (SSSR count). The lowest BCUT2D eigenvalue weighted by atomic mass is 9.90. The summed E-state index contributed by atoms with van der Waals surface area (Å²) in [5.74, 6) is 0. The molecule has 2 heteroatoms. The lowest BCUT2D eigenvalue weighted by Crippen LogP contribution is -2.35. The molecular weight excluding hydrogens is 226 g/mol. The molecular formula is C11H14BrN. The van der Waals surface area contributed by atoms with E-state index in [1.807, 2.05) is 0 Å². The molecule has 0 saturated heterocycles. The first-order valence-corrected chi connectivity index (χ1v) is 5.43. The van der Waals surface area contributed by atoms with E-state index in [1.54, 1.807) is 0 Å². The van der Waals surface area contributed by atoms with Gasteiger partial charge in [0.15, 0.2) is 0 Å². The Balaban J connectivity index is 2.38. The van der Waals surface area contributed by atoms with Crippen LogP contribution < -0.4 is 5.32 Å². The van der Waals surface area contributed by atoms with E-state index in [0.29, 0.717) is 0 Å². The second-order valence-corrected chi connectivity index (χ2v) is 5.23. The molecule has 0 aliphatic carbocycles. The van der Waals surface area contributed by atoms with Crippen molar-refractivity contribution >= 4 is 21.6 Å². The van der Waals surface area contributed by atoms with Crippen LogP contribution in [0.5, 0.6) is 0 Å². The Hall–Kier alpha value is -0.500. The average molecular weight is 240 g/mol. The van der Waals surface area contributed by atoms with Gasteiger partial charge in [0.25, 0.3) is 0 Å². The average Bonchev–Trinajstić information content (AvgIpc) is 2.01. The van der Waals surface area contributed by atoms with Gasteiger partial charge in [-0.1, -0.05) is 22.0 Å². The summed E-state index contributed by atoms with van der Waals surface area (Å²) in [5.41, 5.74) is 2.96. The Morgan fingerprint density at radius 1 is 1.38 bits per heavy atom. The fourth-order valence-corrected chi connectivity index (χ4v) is 2.12. The van der Waals surface area contributed by atoms with Crippen molar-refractivity contribution in [2.24, 2.45) is 0 Å². The van der Waals surface area contributed by atoms with Crippen molar-refractivity contribution in [3.8, 4) is 0 Å². The van der Waals surface area contributed by atoms with Gasteiger partial charge in [0, 0.05) is 15.7 Å². The molecule has 1 aromatic carbocycles. The van der Waals surface area contributed by atoms with Crippen LogP contribution in [0.15, 0.2) is 22.7 Å². The molecule has 0 radical (unpaired) electrons. The molecule has 0 unspecified atom stereocenters. The van der Waals surface area contributed by atoms with Gasteiger partial charge in [0.1, 0.15) is 0 Å². The molecule has 0 saturated carbocycles. The summed E-state index contributed by atoms with van der Waals surface area (Å²) in [6.45, 7) is 4.49. The number of hydrogen-bond donors (Lipinski definition) is 1. The smallest absolute Gasteiger partial charge is 0.0388 e. The highest BCUT2D eigenvalue weighted by atomic mass is 79.9. The van der Waals surface area contributed by atoms with Gasteiger partial charge in [-0.15, -0.1) is 0 Å². The lowest BCUT2D eigenvalue weighted by Gasteiger charge is -2.33. The highest BCUT2D eigenvalue weighted by Crippen LogP contribution is 2.32. The molecule has 1 N–H and O–H groups in total. The van der Waals surface area contributed by atoms with E-state index in [1.165, 1.54) is 24.1 Å². The van der Waals surface area contributed by atoms with E-state index in [9.17, 15) is 0 Å². The second-order valence-electron chi connectivity index (χ2n) is 4.31. The normalized spacial score (nSPS) is 19.0. The van der Waals surface area contributed by atoms with Crippen LogP contribution in [0.4, 0.5) is 5.69 Å². The second kappa shape index (κ2) is 3.02. The zero-order valence-corrected chi connectivity index (χ0v) is 9.61. The fourth-order valence-electron chi connectivity index (χ4n) is 1.76. The van der Waals surface area contributed by atoms with Crippen molar-refractivity contribution in [3.05, 3.63) is 28.2 Å². The topological polar surface area (TPSA) is 12.0 Å². The number of hydrogen-bond acceptors (Lipinski definition) is 1. The molecule has 1 aromatic rings. The molecule has 0 amide bonds. The summed E-state index contributed by atoms with van der Waals surface area (Å²) in [6, 6.07) is 6.47. The van der Waals surface area contributed by atoms with Gasteiger partial charge < -0.3 is 5.32 Å². The number of benzene rings is 1. The minimum atomic E-state index is 0.244. The van der Waals surface area contributed by atoms with Gasteiger partial charge in [-0.2, -0.15) is 0 Å². The monoisotopic (exact) mass is 239 g/mol. The summed E-state index contributed by atoms with van der Waals surface area (Å²) in [4.78, 5) is 0. The maximum absolute atomic E-state index is 3.55. The largest absolute Gasteiger partial charge is 0.380 e. The van der Waals surface area contributed by atoms with Crippen LogP contribution in [0.1, 0.15) is 25.8 Å². The molecule has 0 fully saturated rings. The summed E-state index contributed by atoms with van der Waals surface area (Å²) < 4.78 is 1.15. The third kappa shape index (κ3) is 1.88. The first kappa shape index (κ1) is 9.07. The molecule has 0 aromatic heterocycles. The van der Waals surface area contributed by atoms with E-state index in [-0.39, 0.29) is 5.54 Å². The van der Waals surface area contributed by atoms with Gasteiger partial charge in [-0.25, -0.2) is 0 Å². The minimum Gasteiger partial charge on any atom is -0.380 e. The zero-order chi connectivity index (χ0) is 9.47. The van der Waals surface area contributed by atoms with Crippen LogP contribution in [-0.2, 0) is 6.42 Å². The third-order valence-electron chi connectivity index (χ3n) is 2.56. The maximum Gasteiger partial charge on any atom is 0.0388 e. The SMILES string of the molecule is CC1(C)CCc2ccc(Br)cc2N1. The van der Waals surface area contributed by atoms with Crippen molar-refractivity contribution < 1.29 is 0 Å². The molecule has 0 spiro atoms. The Morgan fingerprint density at radius 2 is 2.15 bits per heavy atom. The summed E-state index contributed by atoms with van der Waals surface area (Å²) in [5, 5.41) is 3.55. The zero-order valence-electron chi connectivity index (χ0n) is 8.02. The van der Waals surface area contributed by atoms with E-state index in [0.717, 1.165) is 4.47 Å². The first-order chi connectivity index (χ1) is 6.07. The number of nitrogens with one attached hydrogen (secondary N) is 1. The highest BCUT2D eigenvalue weighted by Gasteiger charge is 2.23. The van der Waals surface area contributed by atoms with Crippen molar-refractivity contribution in [1.29, 1.82) is 0 Å². The molecule has 1 aliphatic heterocycles. The highest BCUT2D eigenvalue weighted by molar-refractivity contribution is 9.10. The number of anilines is 1. The molecule has 1 heterocycles. The summed E-state index contributed by atoms with van der Waals surface area (Å²) in [6.07, 6.45) is 2.39. The molecule has 1 nitrogen and oxygen atoms in total. The van der Waals surface area contributed by atoms with Crippen LogP contribution in [-0.4, -0.2) is 5.54 Å². The summed E-state index contributed by atoms with van der Waals surface area (Å²) in [7, 11) is 0. The van der Waals surface area contributed by atoms with Gasteiger partial charge in [-0.05, 0) is 44.4 Å². The van der Waals surface area contributed by atoms with Crippen molar-refractivity contribution in [2.75, 3.05) is 5.32 Å². The number of aryl methyl sites for hydroxylation is 1. The van der Waals surface area contributed by atoms with Gasteiger partial charge >= 0.3 is 0 Å². The first-order valence-electron chi connectivity index (χ1n) is 4.63. The standard InChI is InChI=1S/C11H14BrN/c1-11(2)6-5-8-3-4-9(12)7-10(8)13-11/h3-4,7,13H,5-6H2,1-2H3. The third-order valence-corrected chi connectivity index (χ3v) is 3.06. The van der Waals surface area contributed by atoms with Gasteiger partial charge in [-0.3, -0.25) is 0 Å². The minimum absolute atomic E-state index is 0.244. The Labute approximate surface area is 87.7 Å². The lowest BCUT2D eigenvalue weighted by molar-refractivity contribution is 0.502. The van der Waals surface area contributed by atoms with Crippen molar-refractivity contribution in [1.82, 2.24) is 0 Å². The van der Waals surface area contributed by atoms with Crippen LogP contribution in [0.3, 0.4) is 0 Å². The van der Waals surface area contributed by atoms with E-state index >= 15 is 0 Å². The van der Waals surface area contributed by atoms with Crippen LogP contribution in [0.25, 0.3) is 0 Å². The van der Waals surface area contributed by atoms with Crippen LogP contribution in [0, 0.1) is 0 Å². The predicted octanol–water partition coefficient (Wildman–Crippen LogP) is 3.59. The molecule has 1 aliphatic rings. The Kier molecular flexibility index (Phi) is 2.11. The van der Waals surface area contributed by atoms with E-state index < -0.39 is 0 Å². The van der Waals surface area contributed by atoms with Crippen molar-refractivity contribution in [2.45, 2.75) is 32.2 Å². The summed E-state index contributed by atoms with van der Waals surface area (Å²) >= 11 is 3.49. The van der Waals surface area contributed by atoms with Crippen LogP contribution in [0.2, 0.25) is 0 Å².